The average Bonchev–Trinajstić information content (AvgIpc) is 3.27. The predicted octanol–water partition coefficient (Wildman–Crippen LogP) is 4.41. The fraction of sp³-hybridized carbons (Fsp3) is 0.429. The second kappa shape index (κ2) is 5.87. The maximum Gasteiger partial charge on any atom is 0.156 e. The minimum absolute atomic E-state index is 0.854. The molecule has 1 saturated heterocycles. The van der Waals surface area contributed by atoms with E-state index in [9.17, 15) is 0 Å². The number of aromatic nitrogens is 3. The largest absolute Gasteiger partial charge is 0.355 e. The summed E-state index contributed by atoms with van der Waals surface area (Å²) in [4.78, 5) is 15.5. The van der Waals surface area contributed by atoms with Gasteiger partial charge in [0, 0.05) is 18.8 Å². The smallest absolute Gasteiger partial charge is 0.156 e. The highest BCUT2D eigenvalue weighted by molar-refractivity contribution is 5.91. The summed E-state index contributed by atoms with van der Waals surface area (Å²) in [6.45, 7) is 4.19. The molecule has 0 amide bonds. The van der Waals surface area contributed by atoms with Crippen LogP contribution in [0, 0.1) is 6.92 Å². The van der Waals surface area contributed by atoms with E-state index in [0.717, 1.165) is 41.5 Å². The number of anilines is 1. The third kappa shape index (κ3) is 2.60. The molecule has 0 spiro atoms. The molecule has 0 radical (unpaired) electrons. The van der Waals surface area contributed by atoms with Crippen LogP contribution in [0.1, 0.15) is 42.6 Å². The molecule has 1 N–H and O–H groups in total. The van der Waals surface area contributed by atoms with Crippen molar-refractivity contribution in [2.45, 2.75) is 45.4 Å². The Morgan fingerprint density at radius 1 is 0.920 bits per heavy atom. The fourth-order valence-electron chi connectivity index (χ4n) is 4.34. The van der Waals surface area contributed by atoms with Gasteiger partial charge in [0.1, 0.15) is 11.3 Å². The van der Waals surface area contributed by atoms with Crippen LogP contribution >= 0.6 is 0 Å². The van der Waals surface area contributed by atoms with Crippen molar-refractivity contribution in [1.82, 2.24) is 15.0 Å². The Bertz CT molecular complexity index is 934. The number of piperidine rings is 1. The van der Waals surface area contributed by atoms with Gasteiger partial charge < -0.3 is 9.88 Å². The number of rotatable bonds is 2. The Hall–Kier alpha value is -2.36. The van der Waals surface area contributed by atoms with Crippen LogP contribution in [0.3, 0.4) is 0 Å². The summed E-state index contributed by atoms with van der Waals surface area (Å²) < 4.78 is 0. The Morgan fingerprint density at radius 2 is 1.76 bits per heavy atom. The normalized spacial score (nSPS) is 17.2. The second-order valence-corrected chi connectivity index (χ2v) is 7.42. The predicted molar refractivity (Wildman–Crippen MR) is 102 cm³/mol. The standard InChI is InChI=1S/C21H24N4/c1-14-22-19-13-18(17-9-8-15-6-5-7-16(15)12-17)24-20(19)21(23-14)25-10-3-2-4-11-25/h8-9,12-13,24H,2-7,10-11H2,1H3. The maximum absolute atomic E-state index is 4.77. The summed E-state index contributed by atoms with van der Waals surface area (Å²) in [6.07, 6.45) is 7.56. The zero-order valence-electron chi connectivity index (χ0n) is 14.8. The van der Waals surface area contributed by atoms with Gasteiger partial charge in [-0.1, -0.05) is 12.1 Å². The first kappa shape index (κ1) is 14.9. The molecular formula is C21H24N4. The Morgan fingerprint density at radius 3 is 2.64 bits per heavy atom. The Labute approximate surface area is 148 Å². The molecule has 1 aliphatic heterocycles. The lowest BCUT2D eigenvalue weighted by Gasteiger charge is -2.28. The topological polar surface area (TPSA) is 44.8 Å². The molecule has 0 atom stereocenters. The maximum atomic E-state index is 4.77. The van der Waals surface area contributed by atoms with Crippen molar-refractivity contribution in [3.8, 4) is 11.3 Å². The summed E-state index contributed by atoms with van der Waals surface area (Å²) >= 11 is 0. The third-order valence-electron chi connectivity index (χ3n) is 5.64. The van der Waals surface area contributed by atoms with Gasteiger partial charge >= 0.3 is 0 Å². The van der Waals surface area contributed by atoms with Gasteiger partial charge in [-0.25, -0.2) is 9.97 Å². The lowest BCUT2D eigenvalue weighted by molar-refractivity contribution is 0.574. The van der Waals surface area contributed by atoms with E-state index in [1.165, 1.54) is 55.2 Å². The van der Waals surface area contributed by atoms with Gasteiger partial charge in [-0.05, 0) is 74.3 Å². The highest BCUT2D eigenvalue weighted by Crippen LogP contribution is 2.32. The number of nitrogens with one attached hydrogen (secondary N) is 1. The highest BCUT2D eigenvalue weighted by atomic mass is 15.2. The number of aromatic amines is 1. The first-order valence-corrected chi connectivity index (χ1v) is 9.52. The zero-order valence-corrected chi connectivity index (χ0v) is 14.8. The number of hydrogen-bond donors (Lipinski definition) is 1. The molecule has 2 aliphatic rings. The molecule has 4 heteroatoms. The van der Waals surface area contributed by atoms with Crippen LogP contribution in [0.5, 0.6) is 0 Å². The van der Waals surface area contributed by atoms with Crippen LogP contribution in [0.2, 0.25) is 0 Å². The molecule has 128 valence electrons. The van der Waals surface area contributed by atoms with E-state index in [1.54, 1.807) is 0 Å². The van der Waals surface area contributed by atoms with Crippen LogP contribution in [0.4, 0.5) is 5.82 Å². The molecule has 0 bridgehead atoms. The van der Waals surface area contributed by atoms with Gasteiger partial charge in [0.15, 0.2) is 5.82 Å². The highest BCUT2D eigenvalue weighted by Gasteiger charge is 2.19. The van der Waals surface area contributed by atoms with Crippen molar-refractivity contribution in [3.63, 3.8) is 0 Å². The molecule has 1 fully saturated rings. The van der Waals surface area contributed by atoms with E-state index in [1.807, 2.05) is 6.92 Å². The number of hydrogen-bond acceptors (Lipinski definition) is 3. The van der Waals surface area contributed by atoms with Gasteiger partial charge in [-0.15, -0.1) is 0 Å². The third-order valence-corrected chi connectivity index (χ3v) is 5.64. The molecule has 1 aromatic carbocycles. The lowest BCUT2D eigenvalue weighted by Crippen LogP contribution is -2.30. The number of nitrogens with zero attached hydrogens (tertiary/aromatic N) is 3. The molecule has 0 saturated carbocycles. The second-order valence-electron chi connectivity index (χ2n) is 7.42. The van der Waals surface area contributed by atoms with Crippen molar-refractivity contribution in [3.05, 3.63) is 41.2 Å². The van der Waals surface area contributed by atoms with Crippen LogP contribution in [-0.2, 0) is 12.8 Å². The van der Waals surface area contributed by atoms with Gasteiger partial charge in [0.2, 0.25) is 0 Å². The van der Waals surface area contributed by atoms with E-state index < -0.39 is 0 Å². The monoisotopic (exact) mass is 332 g/mol. The van der Waals surface area contributed by atoms with E-state index in [0.29, 0.717) is 0 Å². The van der Waals surface area contributed by atoms with E-state index in [2.05, 4.69) is 39.1 Å². The average molecular weight is 332 g/mol. The minimum Gasteiger partial charge on any atom is -0.355 e. The first-order valence-electron chi connectivity index (χ1n) is 9.52. The molecule has 25 heavy (non-hydrogen) atoms. The number of aryl methyl sites for hydroxylation is 3. The molecular weight excluding hydrogens is 308 g/mol. The van der Waals surface area contributed by atoms with Crippen molar-refractivity contribution < 1.29 is 0 Å². The van der Waals surface area contributed by atoms with Crippen LogP contribution in [0.25, 0.3) is 22.3 Å². The minimum atomic E-state index is 0.854. The Kier molecular flexibility index (Phi) is 3.51. The molecule has 1 aliphatic carbocycles. The van der Waals surface area contributed by atoms with Crippen molar-refractivity contribution >= 4 is 16.9 Å². The van der Waals surface area contributed by atoms with E-state index in [4.69, 9.17) is 4.98 Å². The SMILES string of the molecule is Cc1nc(N2CCCCC2)c2[nH]c(-c3ccc4c(c3)CCC4)cc2n1. The van der Waals surface area contributed by atoms with Crippen LogP contribution < -0.4 is 4.90 Å². The van der Waals surface area contributed by atoms with Crippen molar-refractivity contribution in [2.24, 2.45) is 0 Å². The van der Waals surface area contributed by atoms with E-state index >= 15 is 0 Å². The lowest BCUT2D eigenvalue weighted by atomic mass is 10.0. The van der Waals surface area contributed by atoms with E-state index in [-0.39, 0.29) is 0 Å². The van der Waals surface area contributed by atoms with Gasteiger partial charge in [-0.2, -0.15) is 0 Å². The summed E-state index contributed by atoms with van der Waals surface area (Å²) in [5, 5.41) is 0. The zero-order chi connectivity index (χ0) is 16.8. The summed E-state index contributed by atoms with van der Waals surface area (Å²) in [6, 6.07) is 9.09. The first-order chi connectivity index (χ1) is 12.3. The van der Waals surface area contributed by atoms with Crippen molar-refractivity contribution in [1.29, 1.82) is 0 Å². The summed E-state index contributed by atoms with van der Waals surface area (Å²) in [7, 11) is 0. The van der Waals surface area contributed by atoms with Crippen LogP contribution in [0.15, 0.2) is 24.3 Å². The fourth-order valence-corrected chi connectivity index (χ4v) is 4.34. The summed E-state index contributed by atoms with van der Waals surface area (Å²) in [5.41, 5.74) is 7.56. The number of benzene rings is 1. The molecule has 5 rings (SSSR count). The quantitative estimate of drug-likeness (QED) is 0.756. The summed E-state index contributed by atoms with van der Waals surface area (Å²) in [5.74, 6) is 1.93. The number of fused-ring (bicyclic) bond motifs is 2. The van der Waals surface area contributed by atoms with Gasteiger partial charge in [0.05, 0.1) is 5.52 Å². The molecule has 0 unspecified atom stereocenters. The Balaban J connectivity index is 1.61. The van der Waals surface area contributed by atoms with Gasteiger partial charge in [-0.3, -0.25) is 0 Å². The van der Waals surface area contributed by atoms with Crippen LogP contribution in [-0.4, -0.2) is 28.0 Å². The molecule has 4 nitrogen and oxygen atoms in total. The van der Waals surface area contributed by atoms with Crippen molar-refractivity contribution in [2.75, 3.05) is 18.0 Å². The van der Waals surface area contributed by atoms with Gasteiger partial charge in [0.25, 0.3) is 0 Å². The number of H-pyrrole nitrogens is 1. The molecule has 2 aromatic heterocycles. The molecule has 3 aromatic rings. The molecule has 3 heterocycles.